The van der Waals surface area contributed by atoms with Crippen molar-refractivity contribution in [3.63, 3.8) is 0 Å². The molecule has 9 heavy (non-hydrogen) atoms. The summed E-state index contributed by atoms with van der Waals surface area (Å²) in [5.74, 6) is 0. The molecule has 0 radical (unpaired) electrons. The third-order valence-electron chi connectivity index (χ3n) is 1.30. The molecule has 2 heteroatoms. The fourth-order valence-electron chi connectivity index (χ4n) is 0.906. The van der Waals surface area contributed by atoms with Crippen LogP contribution in [-0.4, -0.2) is 17.0 Å². The summed E-state index contributed by atoms with van der Waals surface area (Å²) < 4.78 is 5.14. The van der Waals surface area contributed by atoms with E-state index in [9.17, 15) is 0 Å². The van der Waals surface area contributed by atoms with E-state index in [1.807, 2.05) is 26.0 Å². The van der Waals surface area contributed by atoms with Gasteiger partial charge >= 0.3 is 0 Å². The quantitative estimate of drug-likeness (QED) is 0.494. The van der Waals surface area contributed by atoms with Crippen molar-refractivity contribution in [2.24, 2.45) is 0 Å². The summed E-state index contributed by atoms with van der Waals surface area (Å²) in [6.45, 7) is 3.84. The Morgan fingerprint density at radius 3 is 2.67 bits per heavy atom. The van der Waals surface area contributed by atoms with E-state index in [1.54, 1.807) is 0 Å². The number of aliphatic hydroxyl groups excluding tert-OH is 1. The highest BCUT2D eigenvalue weighted by molar-refractivity contribution is 5.00. The van der Waals surface area contributed by atoms with Gasteiger partial charge in [-0.2, -0.15) is 0 Å². The van der Waals surface area contributed by atoms with Gasteiger partial charge in [0.25, 0.3) is 0 Å². The molecule has 0 aromatic heterocycles. The molecule has 1 rings (SSSR count). The van der Waals surface area contributed by atoms with Crippen LogP contribution in [-0.2, 0) is 4.74 Å². The Morgan fingerprint density at radius 2 is 2.33 bits per heavy atom. The summed E-state index contributed by atoms with van der Waals surface area (Å²) in [6.07, 6.45) is 3.90. The second kappa shape index (κ2) is 2.12. The van der Waals surface area contributed by atoms with Gasteiger partial charge in [-0.3, -0.25) is 0 Å². The van der Waals surface area contributed by atoms with Crippen molar-refractivity contribution >= 4 is 0 Å². The summed E-state index contributed by atoms with van der Waals surface area (Å²) in [5, 5.41) is 8.97. The molecule has 0 bridgehead atoms. The fourth-order valence-corrected chi connectivity index (χ4v) is 0.906. The molecule has 1 unspecified atom stereocenters. The van der Waals surface area contributed by atoms with Crippen LogP contribution in [0.4, 0.5) is 0 Å². The molecule has 1 N–H and O–H groups in total. The molecule has 0 spiro atoms. The molecule has 1 heterocycles. The van der Waals surface area contributed by atoms with Crippen LogP contribution in [0, 0.1) is 0 Å². The van der Waals surface area contributed by atoms with Crippen molar-refractivity contribution in [3.05, 3.63) is 12.2 Å². The fraction of sp³-hybridized carbons (Fsp3) is 0.714. The number of aliphatic hydroxyl groups is 1. The molecular weight excluding hydrogens is 116 g/mol. The monoisotopic (exact) mass is 128 g/mol. The lowest BCUT2D eigenvalue weighted by Crippen LogP contribution is -2.31. The predicted octanol–water partition coefficient (Wildman–Crippen LogP) is 1.06. The average molecular weight is 128 g/mol. The van der Waals surface area contributed by atoms with Gasteiger partial charge in [0.2, 0.25) is 0 Å². The Kier molecular flexibility index (Phi) is 1.60. The molecule has 0 aliphatic carbocycles. The summed E-state index contributed by atoms with van der Waals surface area (Å²) in [6, 6.07) is 0. The lowest BCUT2D eigenvalue weighted by Gasteiger charge is -2.28. The van der Waals surface area contributed by atoms with E-state index in [1.165, 1.54) is 0 Å². The van der Waals surface area contributed by atoms with Gasteiger partial charge in [-0.25, -0.2) is 0 Å². The van der Waals surface area contributed by atoms with Gasteiger partial charge in [-0.15, -0.1) is 0 Å². The van der Waals surface area contributed by atoms with Crippen molar-refractivity contribution in [2.75, 3.05) is 0 Å². The van der Waals surface area contributed by atoms with E-state index < -0.39 is 6.29 Å². The first-order valence-electron chi connectivity index (χ1n) is 3.14. The van der Waals surface area contributed by atoms with Gasteiger partial charge in [0, 0.05) is 6.42 Å². The third-order valence-corrected chi connectivity index (χ3v) is 1.30. The number of ether oxygens (including phenoxy) is 1. The van der Waals surface area contributed by atoms with Crippen LogP contribution in [0.15, 0.2) is 12.2 Å². The van der Waals surface area contributed by atoms with E-state index in [2.05, 4.69) is 0 Å². The highest BCUT2D eigenvalue weighted by Gasteiger charge is 2.21. The first kappa shape index (κ1) is 6.78. The molecule has 2 nitrogen and oxygen atoms in total. The smallest absolute Gasteiger partial charge is 0.159 e. The summed E-state index contributed by atoms with van der Waals surface area (Å²) in [4.78, 5) is 0. The molecular formula is C7H12O2. The molecule has 0 aromatic rings. The standard InChI is InChI=1S/C7H12O2/c1-7(2)5-3-4-6(8)9-7/h3,5-6,8H,4H2,1-2H3. The zero-order valence-corrected chi connectivity index (χ0v) is 5.79. The molecule has 1 atom stereocenters. The molecule has 1 aliphatic rings. The van der Waals surface area contributed by atoms with Gasteiger partial charge < -0.3 is 9.84 Å². The van der Waals surface area contributed by atoms with Crippen LogP contribution < -0.4 is 0 Å². The van der Waals surface area contributed by atoms with Crippen LogP contribution in [0.3, 0.4) is 0 Å². The number of hydrogen-bond donors (Lipinski definition) is 1. The molecule has 52 valence electrons. The van der Waals surface area contributed by atoms with Crippen molar-refractivity contribution < 1.29 is 9.84 Å². The maximum Gasteiger partial charge on any atom is 0.159 e. The predicted molar refractivity (Wildman–Crippen MR) is 34.9 cm³/mol. The highest BCUT2D eigenvalue weighted by Crippen LogP contribution is 2.19. The summed E-state index contributed by atoms with van der Waals surface area (Å²) >= 11 is 0. The molecule has 0 saturated heterocycles. The maximum atomic E-state index is 8.97. The van der Waals surface area contributed by atoms with Crippen molar-refractivity contribution in [1.82, 2.24) is 0 Å². The van der Waals surface area contributed by atoms with Gasteiger partial charge in [0.1, 0.15) is 0 Å². The van der Waals surface area contributed by atoms with E-state index in [-0.39, 0.29) is 5.60 Å². The minimum atomic E-state index is -0.606. The number of rotatable bonds is 0. The first-order valence-corrected chi connectivity index (χ1v) is 3.14. The highest BCUT2D eigenvalue weighted by atomic mass is 16.6. The molecule has 0 amide bonds. The second-order valence-electron chi connectivity index (χ2n) is 2.81. The van der Waals surface area contributed by atoms with E-state index in [0.717, 1.165) is 0 Å². The van der Waals surface area contributed by atoms with Gasteiger partial charge in [-0.1, -0.05) is 12.2 Å². The van der Waals surface area contributed by atoms with Gasteiger partial charge in [0.05, 0.1) is 5.60 Å². The molecule has 0 saturated carbocycles. The third kappa shape index (κ3) is 1.80. The Bertz CT molecular complexity index is 127. The van der Waals surface area contributed by atoms with E-state index in [0.29, 0.717) is 6.42 Å². The second-order valence-corrected chi connectivity index (χ2v) is 2.81. The topological polar surface area (TPSA) is 29.5 Å². The van der Waals surface area contributed by atoms with Crippen LogP contribution in [0.2, 0.25) is 0 Å². The number of hydrogen-bond acceptors (Lipinski definition) is 2. The minimum Gasteiger partial charge on any atom is -0.368 e. The zero-order chi connectivity index (χ0) is 6.91. The zero-order valence-electron chi connectivity index (χ0n) is 5.79. The normalized spacial score (nSPS) is 32.6. The van der Waals surface area contributed by atoms with Crippen LogP contribution >= 0.6 is 0 Å². The summed E-state index contributed by atoms with van der Waals surface area (Å²) in [5.41, 5.74) is -0.280. The Morgan fingerprint density at radius 1 is 1.67 bits per heavy atom. The minimum absolute atomic E-state index is 0.280. The van der Waals surface area contributed by atoms with Crippen LogP contribution in [0.1, 0.15) is 20.3 Å². The van der Waals surface area contributed by atoms with Crippen LogP contribution in [0.25, 0.3) is 0 Å². The Balaban J connectivity index is 2.60. The van der Waals surface area contributed by atoms with Crippen molar-refractivity contribution in [2.45, 2.75) is 32.2 Å². The SMILES string of the molecule is CC1(C)C=CCC(O)O1. The molecule has 1 aliphatic heterocycles. The van der Waals surface area contributed by atoms with E-state index in [4.69, 9.17) is 9.84 Å². The van der Waals surface area contributed by atoms with E-state index >= 15 is 0 Å². The lowest BCUT2D eigenvalue weighted by atomic mass is 10.1. The summed E-state index contributed by atoms with van der Waals surface area (Å²) in [7, 11) is 0. The van der Waals surface area contributed by atoms with Gasteiger partial charge in [-0.05, 0) is 13.8 Å². The Hall–Kier alpha value is -0.340. The lowest BCUT2D eigenvalue weighted by molar-refractivity contribution is -0.158. The maximum absolute atomic E-state index is 8.97. The largest absolute Gasteiger partial charge is 0.368 e. The Labute approximate surface area is 55.1 Å². The average Bonchev–Trinajstić information content (AvgIpc) is 1.60. The van der Waals surface area contributed by atoms with Crippen molar-refractivity contribution in [1.29, 1.82) is 0 Å². The molecule has 0 fully saturated rings. The first-order chi connectivity index (χ1) is 4.10. The van der Waals surface area contributed by atoms with Crippen LogP contribution in [0.5, 0.6) is 0 Å². The molecule has 0 aromatic carbocycles. The van der Waals surface area contributed by atoms with Gasteiger partial charge in [0.15, 0.2) is 6.29 Å². The van der Waals surface area contributed by atoms with Crippen molar-refractivity contribution in [3.8, 4) is 0 Å².